The lowest BCUT2D eigenvalue weighted by atomic mass is 10.3. The Morgan fingerprint density at radius 2 is 1.86 bits per heavy atom. The normalized spacial score (nSPS) is 11.5. The zero-order valence-corrected chi connectivity index (χ0v) is 16.3. The van der Waals surface area contributed by atoms with Gasteiger partial charge in [-0.15, -0.1) is 5.10 Å². The predicted octanol–water partition coefficient (Wildman–Crippen LogP) is 3.28. The summed E-state index contributed by atoms with van der Waals surface area (Å²) in [5, 5.41) is 8.07. The number of benzene rings is 2. The highest BCUT2D eigenvalue weighted by Crippen LogP contribution is 2.25. The van der Waals surface area contributed by atoms with Crippen LogP contribution in [0.4, 0.5) is 8.78 Å². The van der Waals surface area contributed by atoms with Gasteiger partial charge in [-0.3, -0.25) is 4.79 Å². The summed E-state index contributed by atoms with van der Waals surface area (Å²) >= 11 is 12.0. The molecule has 0 saturated heterocycles. The van der Waals surface area contributed by atoms with Crippen molar-refractivity contribution < 1.29 is 22.0 Å². The van der Waals surface area contributed by atoms with Crippen LogP contribution in [0.1, 0.15) is 16.2 Å². The maximum Gasteiger partial charge on any atom is 0.287 e. The molecule has 1 heterocycles. The topological polar surface area (TPSA) is 93.9 Å². The molecule has 0 aliphatic carbocycles. The van der Waals surface area contributed by atoms with Crippen LogP contribution in [0.25, 0.3) is 5.69 Å². The van der Waals surface area contributed by atoms with E-state index < -0.39 is 32.5 Å². The lowest BCUT2D eigenvalue weighted by molar-refractivity contribution is 0.0976. The summed E-state index contributed by atoms with van der Waals surface area (Å²) in [5.41, 5.74) is 0.157. The van der Waals surface area contributed by atoms with Crippen LogP contribution in [0.5, 0.6) is 0 Å². The second-order valence-electron chi connectivity index (χ2n) is 5.54. The molecule has 7 nitrogen and oxygen atoms in total. The number of rotatable bonds is 4. The molecule has 0 aliphatic heterocycles. The molecular formula is C16H10Cl2F2N4O3S. The van der Waals surface area contributed by atoms with Gasteiger partial charge in [-0.25, -0.2) is 26.6 Å². The largest absolute Gasteiger partial charge is 0.287 e. The third-order valence-corrected chi connectivity index (χ3v) is 5.58. The lowest BCUT2D eigenvalue weighted by Crippen LogP contribution is -2.32. The summed E-state index contributed by atoms with van der Waals surface area (Å²) in [4.78, 5) is 11.5. The molecule has 12 heteroatoms. The maximum absolute atomic E-state index is 13.8. The summed E-state index contributed by atoms with van der Waals surface area (Å²) in [5.74, 6) is -3.45. The summed E-state index contributed by atoms with van der Waals surface area (Å²) in [6.45, 7) is 1.46. The average Bonchev–Trinajstić information content (AvgIpc) is 2.97. The van der Waals surface area contributed by atoms with E-state index in [2.05, 4.69) is 10.3 Å². The van der Waals surface area contributed by atoms with Crippen LogP contribution < -0.4 is 4.72 Å². The van der Waals surface area contributed by atoms with Gasteiger partial charge >= 0.3 is 0 Å². The van der Waals surface area contributed by atoms with Crippen molar-refractivity contribution >= 4 is 39.1 Å². The lowest BCUT2D eigenvalue weighted by Gasteiger charge is -2.08. The molecule has 1 amide bonds. The van der Waals surface area contributed by atoms with Crippen LogP contribution in [-0.4, -0.2) is 29.3 Å². The highest BCUT2D eigenvalue weighted by atomic mass is 35.5. The summed E-state index contributed by atoms with van der Waals surface area (Å²) in [6, 6.07) is 6.40. The first-order valence-electron chi connectivity index (χ1n) is 7.50. The number of carbonyl (C=O) groups is 1. The van der Waals surface area contributed by atoms with Gasteiger partial charge in [0.25, 0.3) is 15.9 Å². The van der Waals surface area contributed by atoms with Crippen molar-refractivity contribution in [3.8, 4) is 5.69 Å². The van der Waals surface area contributed by atoms with Crippen molar-refractivity contribution in [1.29, 1.82) is 0 Å². The Balaban J connectivity index is 1.94. The van der Waals surface area contributed by atoms with Crippen LogP contribution in [0.15, 0.2) is 41.3 Å². The molecule has 0 fully saturated rings. The molecule has 0 saturated carbocycles. The van der Waals surface area contributed by atoms with Gasteiger partial charge in [0.2, 0.25) is 0 Å². The van der Waals surface area contributed by atoms with Gasteiger partial charge in [0, 0.05) is 11.1 Å². The summed E-state index contributed by atoms with van der Waals surface area (Å²) in [6.07, 6.45) is 0. The second-order valence-corrected chi connectivity index (χ2v) is 8.03. The summed E-state index contributed by atoms with van der Waals surface area (Å²) in [7, 11) is -4.61. The van der Waals surface area contributed by atoms with Crippen LogP contribution in [0.2, 0.25) is 10.0 Å². The van der Waals surface area contributed by atoms with E-state index in [-0.39, 0.29) is 16.4 Å². The first kappa shape index (κ1) is 20.2. The number of nitrogens with zero attached hydrogens (tertiary/aromatic N) is 3. The molecule has 0 radical (unpaired) electrons. The van der Waals surface area contributed by atoms with E-state index in [1.807, 2.05) is 0 Å². The molecule has 1 N–H and O–H groups in total. The molecule has 1 aromatic heterocycles. The van der Waals surface area contributed by atoms with Crippen molar-refractivity contribution in [2.75, 3.05) is 0 Å². The molecule has 0 unspecified atom stereocenters. The van der Waals surface area contributed by atoms with Crippen molar-refractivity contribution in [2.24, 2.45) is 0 Å². The van der Waals surface area contributed by atoms with Gasteiger partial charge in [-0.1, -0.05) is 28.4 Å². The Hall–Kier alpha value is -2.56. The number of hydrogen-bond acceptors (Lipinski definition) is 5. The van der Waals surface area contributed by atoms with E-state index in [1.165, 1.54) is 23.7 Å². The van der Waals surface area contributed by atoms with E-state index in [0.29, 0.717) is 22.8 Å². The first-order chi connectivity index (χ1) is 13.1. The van der Waals surface area contributed by atoms with Crippen molar-refractivity contribution in [2.45, 2.75) is 11.8 Å². The minimum atomic E-state index is -4.61. The summed E-state index contributed by atoms with van der Waals surface area (Å²) < 4.78 is 54.1. The van der Waals surface area contributed by atoms with Crippen LogP contribution >= 0.6 is 23.2 Å². The molecule has 28 heavy (non-hydrogen) atoms. The van der Waals surface area contributed by atoms with Gasteiger partial charge in [0.15, 0.2) is 5.69 Å². The Labute approximate surface area is 167 Å². The Morgan fingerprint density at radius 1 is 1.14 bits per heavy atom. The first-order valence-corrected chi connectivity index (χ1v) is 9.74. The number of amides is 1. The second kappa shape index (κ2) is 7.46. The number of sulfonamides is 1. The molecular weight excluding hydrogens is 437 g/mol. The van der Waals surface area contributed by atoms with E-state index in [4.69, 9.17) is 23.2 Å². The van der Waals surface area contributed by atoms with Gasteiger partial charge in [-0.05, 0) is 37.3 Å². The zero-order valence-electron chi connectivity index (χ0n) is 14.0. The van der Waals surface area contributed by atoms with Crippen LogP contribution in [0, 0.1) is 18.6 Å². The van der Waals surface area contributed by atoms with Gasteiger partial charge in [0.05, 0.1) is 16.4 Å². The van der Waals surface area contributed by atoms with Crippen LogP contribution in [-0.2, 0) is 10.0 Å². The third kappa shape index (κ3) is 3.84. The number of halogens is 4. The zero-order chi connectivity index (χ0) is 20.6. The fraction of sp³-hybridized carbons (Fsp3) is 0.0625. The highest BCUT2D eigenvalue weighted by molar-refractivity contribution is 7.90. The highest BCUT2D eigenvalue weighted by Gasteiger charge is 2.26. The number of nitrogens with one attached hydrogen (secondary N) is 1. The van der Waals surface area contributed by atoms with E-state index in [0.717, 1.165) is 6.07 Å². The quantitative estimate of drug-likeness (QED) is 0.663. The smallest absolute Gasteiger partial charge is 0.266 e. The molecule has 0 atom stereocenters. The van der Waals surface area contributed by atoms with E-state index in [1.54, 1.807) is 10.8 Å². The fourth-order valence-electron chi connectivity index (χ4n) is 2.33. The maximum atomic E-state index is 13.8. The van der Waals surface area contributed by atoms with Crippen LogP contribution in [0.3, 0.4) is 0 Å². The molecule has 3 rings (SSSR count). The predicted molar refractivity (Wildman–Crippen MR) is 97.1 cm³/mol. The van der Waals surface area contributed by atoms with E-state index in [9.17, 15) is 22.0 Å². The molecule has 0 aliphatic rings. The Morgan fingerprint density at radius 3 is 2.54 bits per heavy atom. The monoisotopic (exact) mass is 446 g/mol. The SMILES string of the molecule is Cc1c(C(=O)NS(=O)(=O)c2ccc(F)cc2F)nnn1-c1cc(Cl)ccc1Cl. The molecule has 2 aromatic carbocycles. The Kier molecular flexibility index (Phi) is 5.37. The standard InChI is InChI=1S/C16H10Cl2F2N4O3S/c1-8-15(21-23-24(8)13-6-9(17)2-4-11(13)18)16(25)22-28(26,27)14-5-3-10(19)7-12(14)20/h2-7H,1H3,(H,22,25). The minimum Gasteiger partial charge on any atom is -0.266 e. The minimum absolute atomic E-state index is 0.163. The van der Waals surface area contributed by atoms with Gasteiger partial charge in [0.1, 0.15) is 16.5 Å². The van der Waals surface area contributed by atoms with Crippen molar-refractivity contribution in [1.82, 2.24) is 19.7 Å². The number of hydrogen-bond donors (Lipinski definition) is 1. The Bertz CT molecular complexity index is 1200. The van der Waals surface area contributed by atoms with Gasteiger partial charge < -0.3 is 0 Å². The molecule has 146 valence electrons. The van der Waals surface area contributed by atoms with Crippen molar-refractivity contribution in [3.63, 3.8) is 0 Å². The molecule has 3 aromatic rings. The van der Waals surface area contributed by atoms with E-state index >= 15 is 0 Å². The van der Waals surface area contributed by atoms with Gasteiger partial charge in [-0.2, -0.15) is 0 Å². The van der Waals surface area contributed by atoms with Crippen molar-refractivity contribution in [3.05, 3.63) is 69.5 Å². The molecule has 0 spiro atoms. The number of aromatic nitrogens is 3. The fourth-order valence-corrected chi connectivity index (χ4v) is 3.71. The molecule has 0 bridgehead atoms. The number of carbonyl (C=O) groups excluding carboxylic acids is 1. The third-order valence-electron chi connectivity index (χ3n) is 3.66. The average molecular weight is 447 g/mol.